The number of hydrogen-bond acceptors (Lipinski definition) is 7. The third-order valence-corrected chi connectivity index (χ3v) is 7.85. The van der Waals surface area contributed by atoms with E-state index in [-0.39, 0.29) is 10.5 Å². The number of hydrogen-bond donors (Lipinski definition) is 1. The maximum Gasteiger partial charge on any atom is 0.338 e. The first kappa shape index (κ1) is 24.0. The Bertz CT molecular complexity index is 1160. The molecule has 2 heterocycles. The Morgan fingerprint density at radius 3 is 2.35 bits per heavy atom. The molecular formula is C24H28N2O7S. The number of amides is 1. The van der Waals surface area contributed by atoms with Crippen molar-refractivity contribution in [1.82, 2.24) is 4.31 Å². The SMILES string of the molecule is CC1CCN(S(=O)(=O)c2ccc(C(=O)O[C@H](C)C(=O)Nc3ccc4c(c3)OCCO4)cc2)CC1. The number of carbonyl (C=O) groups is 2. The van der Waals surface area contributed by atoms with Crippen LogP contribution in [0.3, 0.4) is 0 Å². The maximum absolute atomic E-state index is 12.8. The normalized spacial score (nSPS) is 17.6. The van der Waals surface area contributed by atoms with Crippen LogP contribution in [0.5, 0.6) is 11.5 Å². The zero-order valence-electron chi connectivity index (χ0n) is 19.2. The third kappa shape index (κ3) is 5.34. The molecule has 9 nitrogen and oxygen atoms in total. The highest BCUT2D eigenvalue weighted by molar-refractivity contribution is 7.89. The van der Waals surface area contributed by atoms with Gasteiger partial charge in [0.25, 0.3) is 5.91 Å². The van der Waals surface area contributed by atoms with Gasteiger partial charge < -0.3 is 19.5 Å². The van der Waals surface area contributed by atoms with Gasteiger partial charge in [0, 0.05) is 24.8 Å². The Kier molecular flexibility index (Phi) is 7.08. The topological polar surface area (TPSA) is 111 Å². The van der Waals surface area contributed by atoms with Gasteiger partial charge in [-0.1, -0.05) is 6.92 Å². The number of nitrogens with zero attached hydrogens (tertiary/aromatic N) is 1. The molecule has 0 spiro atoms. The summed E-state index contributed by atoms with van der Waals surface area (Å²) in [6.07, 6.45) is 0.588. The molecule has 4 rings (SSSR count). The Labute approximate surface area is 199 Å². The number of esters is 1. The second kappa shape index (κ2) is 10.0. The first-order chi connectivity index (χ1) is 16.2. The number of sulfonamides is 1. The Balaban J connectivity index is 1.35. The van der Waals surface area contributed by atoms with E-state index in [2.05, 4.69) is 12.2 Å². The maximum atomic E-state index is 12.8. The number of fused-ring (bicyclic) bond motifs is 1. The van der Waals surface area contributed by atoms with Gasteiger partial charge in [-0.2, -0.15) is 4.31 Å². The molecule has 34 heavy (non-hydrogen) atoms. The summed E-state index contributed by atoms with van der Waals surface area (Å²) in [6, 6.07) is 10.6. The van der Waals surface area contributed by atoms with Crippen LogP contribution in [0.1, 0.15) is 37.0 Å². The van der Waals surface area contributed by atoms with Gasteiger partial charge in [-0.25, -0.2) is 13.2 Å². The number of ether oxygens (including phenoxy) is 3. The van der Waals surface area contributed by atoms with E-state index < -0.39 is 28.0 Å². The number of rotatable bonds is 6. The summed E-state index contributed by atoms with van der Waals surface area (Å²) in [4.78, 5) is 25.1. The molecule has 2 aromatic carbocycles. The fourth-order valence-corrected chi connectivity index (χ4v) is 5.25. The van der Waals surface area contributed by atoms with Crippen molar-refractivity contribution in [3.05, 3.63) is 48.0 Å². The highest BCUT2D eigenvalue weighted by Crippen LogP contribution is 2.32. The van der Waals surface area contributed by atoms with Crippen LogP contribution in [-0.4, -0.2) is 57.0 Å². The molecule has 2 aliphatic heterocycles. The number of nitrogens with one attached hydrogen (secondary N) is 1. The third-order valence-electron chi connectivity index (χ3n) is 5.93. The van der Waals surface area contributed by atoms with Crippen molar-refractivity contribution in [2.24, 2.45) is 5.92 Å². The Morgan fingerprint density at radius 1 is 1.03 bits per heavy atom. The van der Waals surface area contributed by atoms with Crippen molar-refractivity contribution in [3.63, 3.8) is 0 Å². The number of anilines is 1. The molecule has 0 radical (unpaired) electrons. The van der Waals surface area contributed by atoms with Crippen molar-refractivity contribution in [2.45, 2.75) is 37.7 Å². The molecule has 2 aromatic rings. The lowest BCUT2D eigenvalue weighted by molar-refractivity contribution is -0.123. The Morgan fingerprint density at radius 2 is 1.68 bits per heavy atom. The van der Waals surface area contributed by atoms with Gasteiger partial charge in [0.1, 0.15) is 13.2 Å². The lowest BCUT2D eigenvalue weighted by atomic mass is 10.0. The van der Waals surface area contributed by atoms with E-state index in [1.807, 2.05) is 0 Å². The molecule has 1 N–H and O–H groups in total. The second-order valence-corrected chi connectivity index (χ2v) is 10.4. The van der Waals surface area contributed by atoms with Gasteiger partial charge in [0.2, 0.25) is 10.0 Å². The molecule has 10 heteroatoms. The summed E-state index contributed by atoms with van der Waals surface area (Å²) in [6.45, 7) is 5.45. The smallest absolute Gasteiger partial charge is 0.338 e. The van der Waals surface area contributed by atoms with E-state index in [1.165, 1.54) is 35.5 Å². The minimum Gasteiger partial charge on any atom is -0.486 e. The van der Waals surface area contributed by atoms with Gasteiger partial charge in [-0.05, 0) is 62.1 Å². The van der Waals surface area contributed by atoms with Crippen molar-refractivity contribution < 1.29 is 32.2 Å². The van der Waals surface area contributed by atoms with Crippen LogP contribution < -0.4 is 14.8 Å². The minimum absolute atomic E-state index is 0.128. The minimum atomic E-state index is -3.61. The van der Waals surface area contributed by atoms with Gasteiger partial charge >= 0.3 is 5.97 Å². The highest BCUT2D eigenvalue weighted by Gasteiger charge is 2.28. The largest absolute Gasteiger partial charge is 0.486 e. The quantitative estimate of drug-likeness (QED) is 0.622. The summed E-state index contributed by atoms with van der Waals surface area (Å²) in [5, 5.41) is 2.68. The fourth-order valence-electron chi connectivity index (χ4n) is 3.78. The van der Waals surface area contributed by atoms with E-state index in [0.717, 1.165) is 12.8 Å². The molecule has 2 aliphatic rings. The van der Waals surface area contributed by atoms with Gasteiger partial charge in [-0.3, -0.25) is 4.79 Å². The van der Waals surface area contributed by atoms with Gasteiger partial charge in [0.15, 0.2) is 17.6 Å². The van der Waals surface area contributed by atoms with Crippen LogP contribution in [0.15, 0.2) is 47.4 Å². The van der Waals surface area contributed by atoms with E-state index >= 15 is 0 Å². The monoisotopic (exact) mass is 488 g/mol. The van der Waals surface area contributed by atoms with Crippen molar-refractivity contribution >= 4 is 27.6 Å². The van der Waals surface area contributed by atoms with Crippen molar-refractivity contribution in [3.8, 4) is 11.5 Å². The van der Waals surface area contributed by atoms with E-state index in [4.69, 9.17) is 14.2 Å². The van der Waals surface area contributed by atoms with Crippen LogP contribution in [-0.2, 0) is 19.6 Å². The summed E-state index contributed by atoms with van der Waals surface area (Å²) < 4.78 is 43.4. The summed E-state index contributed by atoms with van der Waals surface area (Å²) >= 11 is 0. The number of benzene rings is 2. The summed E-state index contributed by atoms with van der Waals surface area (Å²) in [5.41, 5.74) is 0.643. The average Bonchev–Trinajstić information content (AvgIpc) is 2.84. The first-order valence-electron chi connectivity index (χ1n) is 11.3. The lowest BCUT2D eigenvalue weighted by Crippen LogP contribution is -2.37. The second-order valence-electron chi connectivity index (χ2n) is 8.51. The molecule has 1 saturated heterocycles. The number of piperidine rings is 1. The summed E-state index contributed by atoms with van der Waals surface area (Å²) in [5.74, 6) is 0.410. The number of carbonyl (C=O) groups excluding carboxylic acids is 2. The molecule has 0 bridgehead atoms. The zero-order valence-corrected chi connectivity index (χ0v) is 20.0. The molecule has 1 fully saturated rings. The fraction of sp³-hybridized carbons (Fsp3) is 0.417. The van der Waals surface area contributed by atoms with E-state index in [1.54, 1.807) is 18.2 Å². The van der Waals surface area contributed by atoms with Gasteiger partial charge in [-0.15, -0.1) is 0 Å². The van der Waals surface area contributed by atoms with Crippen molar-refractivity contribution in [2.75, 3.05) is 31.6 Å². The van der Waals surface area contributed by atoms with Crippen LogP contribution >= 0.6 is 0 Å². The first-order valence-corrected chi connectivity index (χ1v) is 12.7. The van der Waals surface area contributed by atoms with Crippen LogP contribution in [0.25, 0.3) is 0 Å². The van der Waals surface area contributed by atoms with E-state index in [9.17, 15) is 18.0 Å². The average molecular weight is 489 g/mol. The standard InChI is InChI=1S/C24H28N2O7S/c1-16-9-11-26(12-10-16)34(29,30)20-6-3-18(4-7-20)24(28)33-17(2)23(27)25-19-5-8-21-22(15-19)32-14-13-31-21/h3-8,15-17H,9-14H2,1-2H3,(H,25,27)/t17-/m1/s1. The molecule has 0 aliphatic carbocycles. The van der Waals surface area contributed by atoms with Crippen molar-refractivity contribution in [1.29, 1.82) is 0 Å². The molecule has 0 aromatic heterocycles. The zero-order chi connectivity index (χ0) is 24.3. The van der Waals surface area contributed by atoms with Gasteiger partial charge in [0.05, 0.1) is 10.5 Å². The predicted molar refractivity (Wildman–Crippen MR) is 125 cm³/mol. The molecule has 1 amide bonds. The molecule has 1 atom stereocenters. The molecule has 0 saturated carbocycles. The molecule has 0 unspecified atom stereocenters. The molecule has 182 valence electrons. The van der Waals surface area contributed by atoms with Crippen LogP contribution in [0.2, 0.25) is 0 Å². The molecular weight excluding hydrogens is 460 g/mol. The van der Waals surface area contributed by atoms with Crippen LogP contribution in [0, 0.1) is 5.92 Å². The highest BCUT2D eigenvalue weighted by atomic mass is 32.2. The summed E-state index contributed by atoms with van der Waals surface area (Å²) in [7, 11) is -3.61. The predicted octanol–water partition coefficient (Wildman–Crippen LogP) is 3.06. The Hall–Kier alpha value is -3.11. The lowest BCUT2D eigenvalue weighted by Gasteiger charge is -2.29. The van der Waals surface area contributed by atoms with Crippen LogP contribution in [0.4, 0.5) is 5.69 Å². The van der Waals surface area contributed by atoms with E-state index in [0.29, 0.717) is 49.4 Å².